The van der Waals surface area contributed by atoms with Crippen LogP contribution in [0.4, 0.5) is 4.79 Å². The summed E-state index contributed by atoms with van der Waals surface area (Å²) in [5.74, 6) is 0.140. The van der Waals surface area contributed by atoms with E-state index in [0.29, 0.717) is 6.54 Å². The molecule has 0 unspecified atom stereocenters. The summed E-state index contributed by atoms with van der Waals surface area (Å²) in [6.07, 6.45) is 1.60. The first-order valence-electron chi connectivity index (χ1n) is 4.42. The predicted molar refractivity (Wildman–Crippen MR) is 51.7 cm³/mol. The van der Waals surface area contributed by atoms with Crippen LogP contribution in [-0.4, -0.2) is 49.5 Å². The fourth-order valence-corrected chi connectivity index (χ4v) is 3.94. The molecule has 0 bridgehead atoms. The summed E-state index contributed by atoms with van der Waals surface area (Å²) < 4.78 is 22.6. The molecule has 2 rings (SSSR count). The third-order valence-electron chi connectivity index (χ3n) is 2.62. The number of sulfone groups is 1. The standard InChI is InChI=1S/C8H12N2O3S/c1-2-3-10-7-5-14(12,13)4-6(7)9-8(10)11/h2,6-7H,1,3-5H2,(H,9,11)/t6-,7+/m1/s1. The Morgan fingerprint density at radius 1 is 1.57 bits per heavy atom. The number of nitrogens with one attached hydrogen (secondary N) is 1. The number of nitrogens with zero attached hydrogens (tertiary/aromatic N) is 1. The smallest absolute Gasteiger partial charge is 0.318 e. The summed E-state index contributed by atoms with van der Waals surface area (Å²) in [6, 6.07) is -0.618. The van der Waals surface area contributed by atoms with Crippen LogP contribution in [-0.2, 0) is 9.84 Å². The molecular formula is C8H12N2O3S. The number of urea groups is 1. The second-order valence-electron chi connectivity index (χ2n) is 3.64. The molecule has 5 nitrogen and oxygen atoms in total. The van der Waals surface area contributed by atoms with E-state index in [4.69, 9.17) is 0 Å². The Morgan fingerprint density at radius 2 is 2.29 bits per heavy atom. The van der Waals surface area contributed by atoms with Gasteiger partial charge in [0.1, 0.15) is 0 Å². The predicted octanol–water partition coefficient (Wildman–Crippen LogP) is -0.637. The lowest BCUT2D eigenvalue weighted by Crippen LogP contribution is -2.36. The molecule has 2 saturated heterocycles. The van der Waals surface area contributed by atoms with Gasteiger partial charge in [-0.15, -0.1) is 6.58 Å². The van der Waals surface area contributed by atoms with Gasteiger partial charge in [-0.2, -0.15) is 0 Å². The molecule has 6 heteroatoms. The monoisotopic (exact) mass is 216 g/mol. The van der Waals surface area contributed by atoms with E-state index >= 15 is 0 Å². The number of rotatable bonds is 2. The first kappa shape index (κ1) is 9.51. The molecule has 0 saturated carbocycles. The van der Waals surface area contributed by atoms with E-state index < -0.39 is 9.84 Å². The first-order valence-corrected chi connectivity index (χ1v) is 6.24. The first-order chi connectivity index (χ1) is 6.53. The number of fused-ring (bicyclic) bond motifs is 1. The van der Waals surface area contributed by atoms with Gasteiger partial charge in [-0.25, -0.2) is 13.2 Å². The van der Waals surface area contributed by atoms with Gasteiger partial charge in [0.05, 0.1) is 23.6 Å². The maximum absolute atomic E-state index is 11.4. The second kappa shape index (κ2) is 2.98. The minimum absolute atomic E-state index is 0.0665. The van der Waals surface area contributed by atoms with E-state index in [2.05, 4.69) is 11.9 Å². The van der Waals surface area contributed by atoms with E-state index in [1.807, 2.05) is 0 Å². The van der Waals surface area contributed by atoms with Gasteiger partial charge in [0.2, 0.25) is 0 Å². The van der Waals surface area contributed by atoms with E-state index in [1.54, 1.807) is 6.08 Å². The van der Waals surface area contributed by atoms with Gasteiger partial charge < -0.3 is 10.2 Å². The Kier molecular flexibility index (Phi) is 2.02. The molecule has 1 N–H and O–H groups in total. The second-order valence-corrected chi connectivity index (χ2v) is 5.80. The van der Waals surface area contributed by atoms with Gasteiger partial charge in [-0.1, -0.05) is 6.08 Å². The summed E-state index contributed by atoms with van der Waals surface area (Å²) in [5, 5.41) is 2.67. The fraction of sp³-hybridized carbons (Fsp3) is 0.625. The molecule has 2 heterocycles. The quantitative estimate of drug-likeness (QED) is 0.493. The van der Waals surface area contributed by atoms with Crippen LogP contribution in [0.25, 0.3) is 0 Å². The zero-order valence-corrected chi connectivity index (χ0v) is 8.46. The molecule has 2 aliphatic heterocycles. The molecule has 0 aromatic rings. The molecule has 78 valence electrons. The highest BCUT2D eigenvalue weighted by molar-refractivity contribution is 7.91. The molecule has 2 amide bonds. The summed E-state index contributed by atoms with van der Waals surface area (Å²) >= 11 is 0. The molecule has 0 aromatic carbocycles. The molecule has 2 fully saturated rings. The number of hydrogen-bond donors (Lipinski definition) is 1. The van der Waals surface area contributed by atoms with Crippen molar-refractivity contribution >= 4 is 15.9 Å². The SMILES string of the molecule is C=CCN1C(=O)N[C@@H]2CS(=O)(=O)C[C@@H]21. The van der Waals surface area contributed by atoms with Crippen molar-refractivity contribution in [2.45, 2.75) is 12.1 Å². The highest BCUT2D eigenvalue weighted by Crippen LogP contribution is 2.23. The van der Waals surface area contributed by atoms with E-state index in [-0.39, 0.29) is 29.6 Å². The van der Waals surface area contributed by atoms with Crippen molar-refractivity contribution in [1.82, 2.24) is 10.2 Å². The zero-order valence-electron chi connectivity index (χ0n) is 7.64. The molecule has 0 spiro atoms. The van der Waals surface area contributed by atoms with Crippen LogP contribution in [0.2, 0.25) is 0 Å². The Morgan fingerprint density at radius 3 is 2.93 bits per heavy atom. The zero-order chi connectivity index (χ0) is 10.3. The molecule has 14 heavy (non-hydrogen) atoms. The lowest BCUT2D eigenvalue weighted by atomic mass is 10.2. The van der Waals surface area contributed by atoms with Crippen LogP contribution in [0.1, 0.15) is 0 Å². The fourth-order valence-electron chi connectivity index (χ4n) is 2.02. The van der Waals surface area contributed by atoms with Crippen LogP contribution in [0.3, 0.4) is 0 Å². The lowest BCUT2D eigenvalue weighted by Gasteiger charge is -2.18. The van der Waals surface area contributed by atoms with Crippen molar-refractivity contribution in [1.29, 1.82) is 0 Å². The van der Waals surface area contributed by atoms with Gasteiger partial charge >= 0.3 is 6.03 Å². The van der Waals surface area contributed by atoms with Gasteiger partial charge in [-0.3, -0.25) is 0 Å². The summed E-state index contributed by atoms with van der Waals surface area (Å²) in [6.45, 7) is 3.94. The number of carbonyl (C=O) groups excluding carboxylic acids is 1. The van der Waals surface area contributed by atoms with Gasteiger partial charge in [-0.05, 0) is 0 Å². The largest absolute Gasteiger partial charge is 0.332 e. The molecule has 2 atom stereocenters. The van der Waals surface area contributed by atoms with Gasteiger partial charge in [0.15, 0.2) is 9.84 Å². The van der Waals surface area contributed by atoms with Crippen LogP contribution in [0.5, 0.6) is 0 Å². The van der Waals surface area contributed by atoms with Crippen molar-refractivity contribution in [3.8, 4) is 0 Å². The molecular weight excluding hydrogens is 204 g/mol. The van der Waals surface area contributed by atoms with Crippen LogP contribution >= 0.6 is 0 Å². The summed E-state index contributed by atoms with van der Waals surface area (Å²) in [4.78, 5) is 12.9. The van der Waals surface area contributed by atoms with E-state index in [9.17, 15) is 13.2 Å². The Hall–Kier alpha value is -1.04. The minimum atomic E-state index is -2.97. The number of carbonyl (C=O) groups is 1. The topological polar surface area (TPSA) is 66.5 Å². The number of hydrogen-bond acceptors (Lipinski definition) is 3. The molecule has 0 aromatic heterocycles. The van der Waals surface area contributed by atoms with Crippen molar-refractivity contribution < 1.29 is 13.2 Å². The maximum Gasteiger partial charge on any atom is 0.318 e. The van der Waals surface area contributed by atoms with Crippen molar-refractivity contribution in [2.75, 3.05) is 18.1 Å². The molecule has 0 aliphatic carbocycles. The molecule has 0 radical (unpaired) electrons. The third-order valence-corrected chi connectivity index (χ3v) is 4.33. The Bertz CT molecular complexity index is 376. The van der Waals surface area contributed by atoms with Crippen molar-refractivity contribution in [3.63, 3.8) is 0 Å². The minimum Gasteiger partial charge on any atom is -0.332 e. The van der Waals surface area contributed by atoms with E-state index in [1.165, 1.54) is 4.90 Å². The average Bonchev–Trinajstić information content (AvgIpc) is 2.47. The van der Waals surface area contributed by atoms with Crippen LogP contribution in [0.15, 0.2) is 12.7 Å². The van der Waals surface area contributed by atoms with Crippen LogP contribution < -0.4 is 5.32 Å². The Labute approximate surface area is 82.7 Å². The van der Waals surface area contributed by atoms with Crippen molar-refractivity contribution in [2.24, 2.45) is 0 Å². The van der Waals surface area contributed by atoms with Gasteiger partial charge in [0, 0.05) is 6.54 Å². The highest BCUT2D eigenvalue weighted by Gasteiger charge is 2.48. The summed E-state index contributed by atoms with van der Waals surface area (Å²) in [5.41, 5.74) is 0. The third kappa shape index (κ3) is 1.39. The maximum atomic E-state index is 11.4. The molecule has 2 aliphatic rings. The normalized spacial score (nSPS) is 34.0. The van der Waals surface area contributed by atoms with Gasteiger partial charge in [0.25, 0.3) is 0 Å². The summed E-state index contributed by atoms with van der Waals surface area (Å²) in [7, 11) is -2.97. The van der Waals surface area contributed by atoms with Crippen molar-refractivity contribution in [3.05, 3.63) is 12.7 Å². The Balaban J connectivity index is 2.21. The van der Waals surface area contributed by atoms with E-state index in [0.717, 1.165) is 0 Å². The highest BCUT2D eigenvalue weighted by atomic mass is 32.2. The van der Waals surface area contributed by atoms with Crippen LogP contribution in [0, 0.1) is 0 Å². The average molecular weight is 216 g/mol. The lowest BCUT2D eigenvalue weighted by molar-refractivity contribution is 0.213. The number of amides is 2.